The van der Waals surface area contributed by atoms with Gasteiger partial charge in [-0.05, 0) is 48.5 Å². The second-order valence-corrected chi connectivity index (χ2v) is 7.74. The summed E-state index contributed by atoms with van der Waals surface area (Å²) in [5, 5.41) is 12.2. The molecular formula is C22H26N4O4S. The van der Waals surface area contributed by atoms with Crippen LogP contribution in [0, 0.1) is 0 Å². The average molecular weight is 443 g/mol. The van der Waals surface area contributed by atoms with Gasteiger partial charge in [0.15, 0.2) is 11.5 Å². The van der Waals surface area contributed by atoms with Crippen molar-refractivity contribution >= 4 is 22.9 Å². The number of carbonyl (C=O) groups is 1. The Labute approximate surface area is 185 Å². The molecule has 3 aromatic rings. The van der Waals surface area contributed by atoms with Crippen molar-refractivity contribution in [3.05, 3.63) is 58.0 Å². The smallest absolute Gasteiger partial charge is 0.286 e. The van der Waals surface area contributed by atoms with Crippen molar-refractivity contribution in [1.29, 1.82) is 0 Å². The predicted molar refractivity (Wildman–Crippen MR) is 120 cm³/mol. The maximum absolute atomic E-state index is 12.5. The lowest BCUT2D eigenvalue weighted by Gasteiger charge is -2.19. The van der Waals surface area contributed by atoms with Gasteiger partial charge >= 0.3 is 0 Å². The molecule has 1 amide bonds. The number of rotatable bonds is 10. The van der Waals surface area contributed by atoms with Crippen LogP contribution in [-0.4, -0.2) is 48.9 Å². The lowest BCUT2D eigenvalue weighted by atomic mass is 10.2. The molecule has 0 aliphatic rings. The summed E-state index contributed by atoms with van der Waals surface area (Å²) >= 11 is 1.29. The molecule has 9 heteroatoms. The summed E-state index contributed by atoms with van der Waals surface area (Å²) in [6.45, 7) is 4.21. The molecule has 0 bridgehead atoms. The molecule has 3 rings (SSSR count). The Morgan fingerprint density at radius 1 is 0.968 bits per heavy atom. The summed E-state index contributed by atoms with van der Waals surface area (Å²) in [4.78, 5) is 14.7. The van der Waals surface area contributed by atoms with E-state index < -0.39 is 0 Å². The van der Waals surface area contributed by atoms with Crippen molar-refractivity contribution in [3.8, 4) is 17.2 Å². The van der Waals surface area contributed by atoms with E-state index >= 15 is 0 Å². The quantitative estimate of drug-likeness (QED) is 0.511. The van der Waals surface area contributed by atoms with E-state index in [1.807, 2.05) is 18.2 Å². The van der Waals surface area contributed by atoms with E-state index in [4.69, 9.17) is 14.2 Å². The lowest BCUT2D eigenvalue weighted by molar-refractivity contribution is 0.102. The summed E-state index contributed by atoms with van der Waals surface area (Å²) in [5.74, 6) is 1.84. The third kappa shape index (κ3) is 5.93. The van der Waals surface area contributed by atoms with Gasteiger partial charge in [-0.3, -0.25) is 9.69 Å². The number of benzene rings is 2. The Morgan fingerprint density at radius 3 is 2.35 bits per heavy atom. The first kappa shape index (κ1) is 22.5. The zero-order chi connectivity index (χ0) is 22.2. The Morgan fingerprint density at radius 2 is 1.71 bits per heavy atom. The Kier molecular flexibility index (Phi) is 7.80. The van der Waals surface area contributed by atoms with Gasteiger partial charge < -0.3 is 19.5 Å². The van der Waals surface area contributed by atoms with Gasteiger partial charge in [0.05, 0.1) is 27.9 Å². The fraction of sp³-hybridized carbons (Fsp3) is 0.318. The number of methoxy groups -OCH3 is 3. The van der Waals surface area contributed by atoms with E-state index in [-0.39, 0.29) is 5.91 Å². The fourth-order valence-electron chi connectivity index (χ4n) is 2.98. The van der Waals surface area contributed by atoms with Gasteiger partial charge in [0.1, 0.15) is 10.8 Å². The number of nitrogens with zero attached hydrogens (tertiary/aromatic N) is 3. The maximum atomic E-state index is 12.5. The molecule has 2 aromatic carbocycles. The van der Waals surface area contributed by atoms with Crippen LogP contribution < -0.4 is 19.5 Å². The van der Waals surface area contributed by atoms with E-state index in [0.29, 0.717) is 35.3 Å². The van der Waals surface area contributed by atoms with Crippen LogP contribution in [0.4, 0.5) is 5.69 Å². The first-order valence-electron chi connectivity index (χ1n) is 9.77. The van der Waals surface area contributed by atoms with Gasteiger partial charge in [-0.15, -0.1) is 10.2 Å². The molecule has 0 saturated heterocycles. The van der Waals surface area contributed by atoms with Crippen LogP contribution in [0.1, 0.15) is 27.3 Å². The number of amides is 1. The number of aromatic nitrogens is 2. The minimum absolute atomic E-state index is 0.281. The topological polar surface area (TPSA) is 85.8 Å². The van der Waals surface area contributed by atoms with Crippen molar-refractivity contribution in [2.45, 2.75) is 20.0 Å². The molecule has 1 aromatic heterocycles. The van der Waals surface area contributed by atoms with Crippen LogP contribution in [0.15, 0.2) is 42.5 Å². The average Bonchev–Trinajstić information content (AvgIpc) is 3.27. The zero-order valence-corrected chi connectivity index (χ0v) is 18.9. The number of nitrogens with one attached hydrogen (secondary N) is 1. The zero-order valence-electron chi connectivity index (χ0n) is 18.0. The molecule has 0 spiro atoms. The predicted octanol–water partition coefficient (Wildman–Crippen LogP) is 3.84. The van der Waals surface area contributed by atoms with Crippen molar-refractivity contribution in [3.63, 3.8) is 0 Å². The molecule has 164 valence electrons. The largest absolute Gasteiger partial charge is 0.497 e. The molecule has 0 aliphatic heterocycles. The van der Waals surface area contributed by atoms with Crippen molar-refractivity contribution in [2.75, 3.05) is 33.2 Å². The molecule has 0 radical (unpaired) electrons. The van der Waals surface area contributed by atoms with Gasteiger partial charge in [-0.2, -0.15) is 0 Å². The van der Waals surface area contributed by atoms with Gasteiger partial charge in [0, 0.05) is 12.2 Å². The second-order valence-electron chi connectivity index (χ2n) is 6.68. The van der Waals surface area contributed by atoms with Gasteiger partial charge in [0.2, 0.25) is 5.01 Å². The number of anilines is 1. The van der Waals surface area contributed by atoms with E-state index in [2.05, 4.69) is 27.3 Å². The van der Waals surface area contributed by atoms with Gasteiger partial charge in [0.25, 0.3) is 5.91 Å². The number of hydrogen-bond donors (Lipinski definition) is 1. The highest BCUT2D eigenvalue weighted by molar-refractivity contribution is 7.13. The monoisotopic (exact) mass is 442 g/mol. The maximum Gasteiger partial charge on any atom is 0.286 e. The van der Waals surface area contributed by atoms with Crippen LogP contribution in [-0.2, 0) is 13.1 Å². The summed E-state index contributed by atoms with van der Waals surface area (Å²) in [7, 11) is 4.84. The van der Waals surface area contributed by atoms with Crippen molar-refractivity contribution < 1.29 is 19.0 Å². The normalized spacial score (nSPS) is 10.7. The minimum atomic E-state index is -0.281. The summed E-state index contributed by atoms with van der Waals surface area (Å²) in [6, 6.07) is 13.0. The third-order valence-electron chi connectivity index (χ3n) is 4.67. The van der Waals surface area contributed by atoms with Crippen LogP contribution in [0.2, 0.25) is 0 Å². The highest BCUT2D eigenvalue weighted by Crippen LogP contribution is 2.28. The van der Waals surface area contributed by atoms with E-state index in [1.165, 1.54) is 11.3 Å². The first-order valence-corrected chi connectivity index (χ1v) is 10.6. The molecule has 0 saturated carbocycles. The molecule has 8 nitrogen and oxygen atoms in total. The molecule has 0 aliphatic carbocycles. The summed E-state index contributed by atoms with van der Waals surface area (Å²) < 4.78 is 15.8. The molecule has 1 heterocycles. The van der Waals surface area contributed by atoms with Crippen LogP contribution in [0.5, 0.6) is 17.2 Å². The Hall–Kier alpha value is -3.17. The van der Waals surface area contributed by atoms with Crippen LogP contribution in [0.3, 0.4) is 0 Å². The van der Waals surface area contributed by atoms with E-state index in [0.717, 1.165) is 22.9 Å². The lowest BCUT2D eigenvalue weighted by Crippen LogP contribution is -2.22. The SMILES string of the molecule is CCN(Cc1ccc(OC)c(OC)c1)Cc1nnc(C(=O)Nc2ccc(OC)cc2)s1. The second kappa shape index (κ2) is 10.7. The molecule has 1 N–H and O–H groups in total. The summed E-state index contributed by atoms with van der Waals surface area (Å²) in [5.41, 5.74) is 1.77. The van der Waals surface area contributed by atoms with Gasteiger partial charge in [-0.1, -0.05) is 24.3 Å². The number of hydrogen-bond acceptors (Lipinski definition) is 8. The molecular weight excluding hydrogens is 416 g/mol. The first-order chi connectivity index (χ1) is 15.1. The Balaban J connectivity index is 1.62. The third-order valence-corrected chi connectivity index (χ3v) is 5.58. The summed E-state index contributed by atoms with van der Waals surface area (Å²) in [6.07, 6.45) is 0. The number of ether oxygens (including phenoxy) is 3. The molecule has 0 atom stereocenters. The van der Waals surface area contributed by atoms with Crippen molar-refractivity contribution in [1.82, 2.24) is 15.1 Å². The Bertz CT molecular complexity index is 1010. The van der Waals surface area contributed by atoms with Crippen molar-refractivity contribution in [2.24, 2.45) is 0 Å². The standard InChI is InChI=1S/C22H26N4O4S/c1-5-26(13-15-6-11-18(29-3)19(12-15)30-4)14-20-24-25-22(31-20)21(27)23-16-7-9-17(28-2)10-8-16/h6-12H,5,13-14H2,1-4H3,(H,23,27). The van der Waals surface area contributed by atoms with E-state index in [1.54, 1.807) is 45.6 Å². The highest BCUT2D eigenvalue weighted by atomic mass is 32.1. The highest BCUT2D eigenvalue weighted by Gasteiger charge is 2.16. The molecule has 31 heavy (non-hydrogen) atoms. The molecule has 0 fully saturated rings. The van der Waals surface area contributed by atoms with E-state index in [9.17, 15) is 4.79 Å². The van der Waals surface area contributed by atoms with Gasteiger partial charge in [-0.25, -0.2) is 0 Å². The fourth-order valence-corrected chi connectivity index (χ4v) is 3.75. The molecule has 0 unspecified atom stereocenters. The van der Waals surface area contributed by atoms with Crippen LogP contribution >= 0.6 is 11.3 Å². The van der Waals surface area contributed by atoms with Crippen LogP contribution in [0.25, 0.3) is 0 Å². The minimum Gasteiger partial charge on any atom is -0.497 e. The number of carbonyl (C=O) groups excluding carboxylic acids is 1.